The topological polar surface area (TPSA) is 46.9 Å². The van der Waals surface area contributed by atoms with E-state index in [4.69, 9.17) is 0 Å². The number of aromatic nitrogens is 2. The van der Waals surface area contributed by atoms with Crippen LogP contribution < -0.4 is 5.32 Å². The molecule has 0 fully saturated rings. The Hall–Kier alpha value is -1.32. The van der Waals surface area contributed by atoms with Gasteiger partial charge in [0.1, 0.15) is 0 Å². The van der Waals surface area contributed by atoms with Crippen molar-refractivity contribution in [2.24, 2.45) is 11.8 Å². The van der Waals surface area contributed by atoms with Crippen LogP contribution in [0.1, 0.15) is 38.6 Å². The zero-order valence-corrected chi connectivity index (χ0v) is 12.2. The highest BCUT2D eigenvalue weighted by Gasteiger charge is 2.12. The second-order valence-corrected chi connectivity index (χ2v) is 5.27. The van der Waals surface area contributed by atoms with E-state index in [-0.39, 0.29) is 11.8 Å². The number of hydrogen-bond acceptors (Lipinski definition) is 2. The lowest BCUT2D eigenvalue weighted by molar-refractivity contribution is -0.124. The minimum absolute atomic E-state index is 0.103. The van der Waals surface area contributed by atoms with Crippen LogP contribution in [0.5, 0.6) is 0 Å². The van der Waals surface area contributed by atoms with Crippen molar-refractivity contribution < 1.29 is 4.79 Å². The van der Waals surface area contributed by atoms with Gasteiger partial charge in [0.2, 0.25) is 5.91 Å². The van der Waals surface area contributed by atoms with Crippen molar-refractivity contribution in [1.29, 1.82) is 0 Å². The van der Waals surface area contributed by atoms with Gasteiger partial charge in [-0.05, 0) is 32.3 Å². The zero-order valence-electron chi connectivity index (χ0n) is 12.2. The Labute approximate surface area is 110 Å². The summed E-state index contributed by atoms with van der Waals surface area (Å²) < 4.78 is 2.01. The molecule has 1 N–H and O–H groups in total. The molecule has 4 nitrogen and oxygen atoms in total. The third-order valence-corrected chi connectivity index (χ3v) is 3.27. The highest BCUT2D eigenvalue weighted by Crippen LogP contribution is 2.06. The Morgan fingerprint density at radius 1 is 1.44 bits per heavy atom. The molecule has 4 heteroatoms. The highest BCUT2D eigenvalue weighted by atomic mass is 16.1. The lowest BCUT2D eigenvalue weighted by Gasteiger charge is -2.15. The summed E-state index contributed by atoms with van der Waals surface area (Å²) in [5.41, 5.74) is 2.22. The van der Waals surface area contributed by atoms with E-state index in [0.29, 0.717) is 12.5 Å². The number of rotatable bonds is 6. The smallest absolute Gasteiger partial charge is 0.222 e. The minimum atomic E-state index is 0.103. The van der Waals surface area contributed by atoms with Crippen LogP contribution in [0.15, 0.2) is 6.07 Å². The lowest BCUT2D eigenvalue weighted by atomic mass is 10.1. The monoisotopic (exact) mass is 251 g/mol. The van der Waals surface area contributed by atoms with Crippen LogP contribution in [0.25, 0.3) is 0 Å². The van der Waals surface area contributed by atoms with Gasteiger partial charge in [-0.1, -0.05) is 20.8 Å². The number of carbonyl (C=O) groups excluding carboxylic acids is 1. The average molecular weight is 251 g/mol. The first-order chi connectivity index (χ1) is 8.43. The van der Waals surface area contributed by atoms with Crippen LogP contribution in [-0.2, 0) is 11.3 Å². The summed E-state index contributed by atoms with van der Waals surface area (Å²) in [6, 6.07) is 2.07. The molecule has 1 amide bonds. The molecule has 0 spiro atoms. The number of nitrogens with zero attached hydrogens (tertiary/aromatic N) is 2. The largest absolute Gasteiger partial charge is 0.356 e. The lowest BCUT2D eigenvalue weighted by Crippen LogP contribution is -2.33. The van der Waals surface area contributed by atoms with E-state index in [0.717, 1.165) is 18.7 Å². The SMILES string of the molecule is CCC(C)C(=O)NCC(C)Cn1nc(C)cc1C. The van der Waals surface area contributed by atoms with E-state index in [1.165, 1.54) is 5.69 Å². The van der Waals surface area contributed by atoms with Gasteiger partial charge in [-0.3, -0.25) is 9.48 Å². The maximum absolute atomic E-state index is 11.7. The maximum Gasteiger partial charge on any atom is 0.222 e. The van der Waals surface area contributed by atoms with E-state index < -0.39 is 0 Å². The van der Waals surface area contributed by atoms with E-state index in [1.54, 1.807) is 0 Å². The van der Waals surface area contributed by atoms with Gasteiger partial charge in [0, 0.05) is 24.7 Å². The quantitative estimate of drug-likeness (QED) is 0.843. The summed E-state index contributed by atoms with van der Waals surface area (Å²) in [6.07, 6.45) is 0.887. The molecular weight excluding hydrogens is 226 g/mol. The standard InChI is InChI=1S/C14H25N3O/c1-6-11(3)14(18)15-8-10(2)9-17-13(5)7-12(4)16-17/h7,10-11H,6,8-9H2,1-5H3,(H,15,18). The zero-order chi connectivity index (χ0) is 13.7. The van der Waals surface area contributed by atoms with Gasteiger partial charge in [0.05, 0.1) is 5.69 Å². The van der Waals surface area contributed by atoms with Crippen molar-refractivity contribution in [2.45, 2.75) is 47.6 Å². The molecule has 0 saturated carbocycles. The van der Waals surface area contributed by atoms with Gasteiger partial charge in [0.25, 0.3) is 0 Å². The van der Waals surface area contributed by atoms with Crippen molar-refractivity contribution >= 4 is 5.91 Å². The van der Waals surface area contributed by atoms with Crippen LogP contribution in [0, 0.1) is 25.7 Å². The van der Waals surface area contributed by atoms with Crippen molar-refractivity contribution in [2.75, 3.05) is 6.54 Å². The predicted molar refractivity (Wildman–Crippen MR) is 73.3 cm³/mol. The molecule has 0 aliphatic heterocycles. The summed E-state index contributed by atoms with van der Waals surface area (Å²) in [7, 11) is 0. The Morgan fingerprint density at radius 3 is 2.61 bits per heavy atom. The van der Waals surface area contributed by atoms with Gasteiger partial charge >= 0.3 is 0 Å². The van der Waals surface area contributed by atoms with Crippen molar-refractivity contribution in [3.63, 3.8) is 0 Å². The summed E-state index contributed by atoms with van der Waals surface area (Å²) in [5.74, 6) is 0.639. The van der Waals surface area contributed by atoms with Gasteiger partial charge in [-0.25, -0.2) is 0 Å². The Kier molecular flexibility index (Phi) is 5.38. The molecule has 0 aromatic carbocycles. The van der Waals surface area contributed by atoms with Gasteiger partial charge in [-0.15, -0.1) is 0 Å². The molecule has 0 bridgehead atoms. The highest BCUT2D eigenvalue weighted by molar-refractivity contribution is 5.78. The molecule has 0 saturated heterocycles. The molecule has 1 aromatic heterocycles. The fraction of sp³-hybridized carbons (Fsp3) is 0.714. The molecule has 0 aliphatic carbocycles. The molecular formula is C14H25N3O. The second kappa shape index (κ2) is 6.57. The van der Waals surface area contributed by atoms with Gasteiger partial charge in [-0.2, -0.15) is 5.10 Å². The van der Waals surface area contributed by atoms with Crippen LogP contribution in [0.4, 0.5) is 0 Å². The van der Waals surface area contributed by atoms with Crippen molar-refractivity contribution in [1.82, 2.24) is 15.1 Å². The molecule has 18 heavy (non-hydrogen) atoms. The Balaban J connectivity index is 2.40. The molecule has 1 rings (SSSR count). The van der Waals surface area contributed by atoms with Crippen LogP contribution in [0.2, 0.25) is 0 Å². The Bertz CT molecular complexity index is 398. The van der Waals surface area contributed by atoms with E-state index in [2.05, 4.69) is 30.3 Å². The summed E-state index contributed by atoms with van der Waals surface area (Å²) in [6.45, 7) is 11.7. The maximum atomic E-state index is 11.7. The first-order valence-corrected chi connectivity index (χ1v) is 6.72. The normalized spacial score (nSPS) is 14.3. The average Bonchev–Trinajstić information content (AvgIpc) is 2.63. The molecule has 2 atom stereocenters. The molecule has 1 aromatic rings. The predicted octanol–water partition coefficient (Wildman–Crippen LogP) is 2.30. The third-order valence-electron chi connectivity index (χ3n) is 3.27. The third kappa shape index (κ3) is 4.17. The fourth-order valence-electron chi connectivity index (χ4n) is 1.85. The molecule has 0 radical (unpaired) electrons. The molecule has 2 unspecified atom stereocenters. The molecule has 1 heterocycles. The van der Waals surface area contributed by atoms with Gasteiger partial charge in [0.15, 0.2) is 0 Å². The number of amides is 1. The molecule has 102 valence electrons. The Morgan fingerprint density at radius 2 is 2.11 bits per heavy atom. The van der Waals surface area contributed by atoms with Gasteiger partial charge < -0.3 is 5.32 Å². The number of aryl methyl sites for hydroxylation is 2. The number of nitrogens with one attached hydrogen (secondary N) is 1. The number of hydrogen-bond donors (Lipinski definition) is 1. The van der Waals surface area contributed by atoms with E-state index in [9.17, 15) is 4.79 Å². The first kappa shape index (κ1) is 14.7. The van der Waals surface area contributed by atoms with Crippen LogP contribution in [0.3, 0.4) is 0 Å². The fourth-order valence-corrected chi connectivity index (χ4v) is 1.85. The van der Waals surface area contributed by atoms with Crippen LogP contribution >= 0.6 is 0 Å². The summed E-state index contributed by atoms with van der Waals surface area (Å²) in [4.78, 5) is 11.7. The second-order valence-electron chi connectivity index (χ2n) is 5.27. The summed E-state index contributed by atoms with van der Waals surface area (Å²) in [5, 5.41) is 7.43. The summed E-state index contributed by atoms with van der Waals surface area (Å²) >= 11 is 0. The molecule has 0 aliphatic rings. The van der Waals surface area contributed by atoms with E-state index >= 15 is 0 Å². The van der Waals surface area contributed by atoms with Crippen LogP contribution in [-0.4, -0.2) is 22.2 Å². The van der Waals surface area contributed by atoms with E-state index in [1.807, 2.05) is 25.5 Å². The first-order valence-electron chi connectivity index (χ1n) is 6.72. The van der Waals surface area contributed by atoms with Crippen molar-refractivity contribution in [3.05, 3.63) is 17.5 Å². The minimum Gasteiger partial charge on any atom is -0.356 e. The van der Waals surface area contributed by atoms with Crippen molar-refractivity contribution in [3.8, 4) is 0 Å². The number of carbonyl (C=O) groups is 1.